The number of hydrogen-bond acceptors (Lipinski definition) is 4. The first kappa shape index (κ1) is 20.8. The molecule has 0 aliphatic rings. The molecule has 6 nitrogen and oxygen atoms in total. The number of amides is 1. The van der Waals surface area contributed by atoms with Crippen LogP contribution in [-0.2, 0) is 14.8 Å². The minimum Gasteiger partial charge on any atom is -0.326 e. The Morgan fingerprint density at radius 1 is 0.935 bits per heavy atom. The number of aromatic nitrogens is 1. The molecule has 0 saturated heterocycles. The van der Waals surface area contributed by atoms with E-state index in [-0.39, 0.29) is 10.8 Å². The Bertz CT molecular complexity index is 1380. The molecule has 2 N–H and O–H groups in total. The summed E-state index contributed by atoms with van der Waals surface area (Å²) in [4.78, 5) is 15.7. The monoisotopic (exact) mass is 451 g/mol. The van der Waals surface area contributed by atoms with Crippen molar-refractivity contribution in [3.63, 3.8) is 0 Å². The molecule has 1 amide bonds. The second-order valence-corrected chi connectivity index (χ2v) is 8.98. The highest BCUT2D eigenvalue weighted by molar-refractivity contribution is 7.92. The number of sulfonamides is 1. The molecule has 0 unspecified atom stereocenters. The van der Waals surface area contributed by atoms with Crippen molar-refractivity contribution >= 4 is 49.7 Å². The zero-order valence-corrected chi connectivity index (χ0v) is 18.0. The highest BCUT2D eigenvalue weighted by Crippen LogP contribution is 2.34. The second kappa shape index (κ2) is 8.37. The third kappa shape index (κ3) is 4.52. The predicted molar refractivity (Wildman–Crippen MR) is 124 cm³/mol. The Labute approximate surface area is 185 Å². The van der Waals surface area contributed by atoms with Crippen LogP contribution in [0.1, 0.15) is 6.92 Å². The van der Waals surface area contributed by atoms with Gasteiger partial charge in [0.2, 0.25) is 5.91 Å². The van der Waals surface area contributed by atoms with E-state index < -0.39 is 10.0 Å². The molecular formula is C23H18ClN3O3S. The van der Waals surface area contributed by atoms with Crippen molar-refractivity contribution in [3.05, 3.63) is 84.0 Å². The fourth-order valence-electron chi connectivity index (χ4n) is 3.24. The zero-order chi connectivity index (χ0) is 22.0. The average molecular weight is 452 g/mol. The third-order valence-electron chi connectivity index (χ3n) is 4.63. The molecule has 0 fully saturated rings. The van der Waals surface area contributed by atoms with E-state index in [0.29, 0.717) is 27.7 Å². The summed E-state index contributed by atoms with van der Waals surface area (Å²) in [6.07, 6.45) is 1.70. The molecule has 0 spiro atoms. The van der Waals surface area contributed by atoms with Gasteiger partial charge in [-0.2, -0.15) is 0 Å². The summed E-state index contributed by atoms with van der Waals surface area (Å²) >= 11 is 6.43. The molecule has 0 bridgehead atoms. The number of carbonyl (C=O) groups excluding carboxylic acids is 1. The summed E-state index contributed by atoms with van der Waals surface area (Å²) in [5.74, 6) is -0.232. The topological polar surface area (TPSA) is 88.2 Å². The summed E-state index contributed by atoms with van der Waals surface area (Å²) in [7, 11) is -3.84. The van der Waals surface area contributed by atoms with E-state index in [1.165, 1.54) is 31.2 Å². The molecule has 0 atom stereocenters. The van der Waals surface area contributed by atoms with Crippen LogP contribution >= 0.6 is 11.6 Å². The molecule has 1 heterocycles. The Morgan fingerprint density at radius 3 is 2.39 bits per heavy atom. The van der Waals surface area contributed by atoms with Gasteiger partial charge in [-0.05, 0) is 53.9 Å². The van der Waals surface area contributed by atoms with Crippen LogP contribution in [0.25, 0.3) is 22.0 Å². The smallest absolute Gasteiger partial charge is 0.261 e. The second-order valence-electron chi connectivity index (χ2n) is 6.89. The summed E-state index contributed by atoms with van der Waals surface area (Å²) < 4.78 is 28.2. The number of nitrogens with zero attached hydrogens (tertiary/aromatic N) is 1. The molecule has 0 aliphatic heterocycles. The predicted octanol–water partition coefficient (Wildman–Crippen LogP) is 5.31. The number of pyridine rings is 1. The maximum atomic E-state index is 12.8. The van der Waals surface area contributed by atoms with Gasteiger partial charge in [0.05, 0.1) is 15.6 Å². The molecule has 0 aliphatic carbocycles. The first-order valence-corrected chi connectivity index (χ1v) is 11.2. The van der Waals surface area contributed by atoms with Gasteiger partial charge in [-0.15, -0.1) is 0 Å². The molecule has 8 heteroatoms. The number of carbonyl (C=O) groups is 1. The van der Waals surface area contributed by atoms with Gasteiger partial charge in [0, 0.05) is 35.4 Å². The first-order valence-electron chi connectivity index (χ1n) is 9.38. The molecule has 0 saturated carbocycles. The van der Waals surface area contributed by atoms with Crippen molar-refractivity contribution in [1.82, 2.24) is 4.98 Å². The normalized spacial score (nSPS) is 11.3. The molecule has 4 aromatic rings. The van der Waals surface area contributed by atoms with Crippen molar-refractivity contribution in [3.8, 4) is 11.3 Å². The van der Waals surface area contributed by atoms with Gasteiger partial charge in [-0.1, -0.05) is 35.9 Å². The van der Waals surface area contributed by atoms with Crippen molar-refractivity contribution in [2.24, 2.45) is 0 Å². The van der Waals surface area contributed by atoms with Crippen LogP contribution < -0.4 is 10.0 Å². The zero-order valence-electron chi connectivity index (χ0n) is 16.5. The lowest BCUT2D eigenvalue weighted by Gasteiger charge is -2.12. The van der Waals surface area contributed by atoms with Crippen molar-refractivity contribution in [1.29, 1.82) is 0 Å². The van der Waals surface area contributed by atoms with Gasteiger partial charge in [0.15, 0.2) is 0 Å². The quantitative estimate of drug-likeness (QED) is 0.430. The van der Waals surface area contributed by atoms with Gasteiger partial charge in [0.25, 0.3) is 10.0 Å². The number of halogens is 1. The lowest BCUT2D eigenvalue weighted by molar-refractivity contribution is -0.114. The maximum absolute atomic E-state index is 12.8. The molecule has 156 valence electrons. The van der Waals surface area contributed by atoms with E-state index in [1.807, 2.05) is 30.3 Å². The van der Waals surface area contributed by atoms with Gasteiger partial charge in [0.1, 0.15) is 0 Å². The Hall–Kier alpha value is -3.42. The Morgan fingerprint density at radius 2 is 1.65 bits per heavy atom. The van der Waals surface area contributed by atoms with Gasteiger partial charge in [-0.3, -0.25) is 14.5 Å². The van der Waals surface area contributed by atoms with E-state index in [1.54, 1.807) is 24.4 Å². The average Bonchev–Trinajstić information content (AvgIpc) is 2.74. The number of benzene rings is 3. The maximum Gasteiger partial charge on any atom is 0.261 e. The fraction of sp³-hybridized carbons (Fsp3) is 0.0435. The van der Waals surface area contributed by atoms with Crippen LogP contribution in [0.15, 0.2) is 83.9 Å². The van der Waals surface area contributed by atoms with Crippen LogP contribution in [-0.4, -0.2) is 19.3 Å². The van der Waals surface area contributed by atoms with Gasteiger partial charge in [-0.25, -0.2) is 8.42 Å². The SMILES string of the molecule is CC(=O)Nc1ccc(S(=O)(=O)Nc2ccc(Cl)c(-c3nccc4ccccc34)c2)cc1. The lowest BCUT2D eigenvalue weighted by atomic mass is 10.0. The number of anilines is 2. The van der Waals surface area contributed by atoms with E-state index in [0.717, 1.165) is 10.8 Å². The molecule has 4 rings (SSSR count). The van der Waals surface area contributed by atoms with E-state index in [2.05, 4.69) is 15.0 Å². The Balaban J connectivity index is 1.68. The largest absolute Gasteiger partial charge is 0.326 e. The minimum atomic E-state index is -3.84. The van der Waals surface area contributed by atoms with Crippen LogP contribution in [0.5, 0.6) is 0 Å². The lowest BCUT2D eigenvalue weighted by Crippen LogP contribution is -2.13. The standard InChI is InChI=1S/C23H18ClN3O3S/c1-15(28)26-17-6-9-19(10-7-17)31(29,30)27-18-8-11-22(24)21(14-18)23-20-5-3-2-4-16(20)12-13-25-23/h2-14,27H,1H3,(H,26,28). The molecule has 0 radical (unpaired) electrons. The van der Waals surface area contributed by atoms with E-state index in [4.69, 9.17) is 11.6 Å². The minimum absolute atomic E-state index is 0.0707. The van der Waals surface area contributed by atoms with Crippen molar-refractivity contribution in [2.75, 3.05) is 10.0 Å². The summed E-state index contributed by atoms with van der Waals surface area (Å²) in [6, 6.07) is 20.5. The number of fused-ring (bicyclic) bond motifs is 1. The highest BCUT2D eigenvalue weighted by atomic mass is 35.5. The highest BCUT2D eigenvalue weighted by Gasteiger charge is 2.16. The van der Waals surface area contributed by atoms with Crippen LogP contribution in [0.3, 0.4) is 0 Å². The summed E-state index contributed by atoms with van der Waals surface area (Å²) in [6.45, 7) is 1.38. The number of nitrogens with one attached hydrogen (secondary N) is 2. The Kier molecular flexibility index (Phi) is 5.63. The van der Waals surface area contributed by atoms with Crippen molar-refractivity contribution < 1.29 is 13.2 Å². The number of hydrogen-bond donors (Lipinski definition) is 2. The van der Waals surface area contributed by atoms with Gasteiger partial charge >= 0.3 is 0 Å². The summed E-state index contributed by atoms with van der Waals surface area (Å²) in [5.41, 5.74) is 2.17. The summed E-state index contributed by atoms with van der Waals surface area (Å²) in [5, 5.41) is 4.99. The molecule has 1 aromatic heterocycles. The van der Waals surface area contributed by atoms with Crippen LogP contribution in [0, 0.1) is 0 Å². The van der Waals surface area contributed by atoms with E-state index in [9.17, 15) is 13.2 Å². The molecular weight excluding hydrogens is 434 g/mol. The van der Waals surface area contributed by atoms with Crippen LogP contribution in [0.4, 0.5) is 11.4 Å². The van der Waals surface area contributed by atoms with Crippen LogP contribution in [0.2, 0.25) is 5.02 Å². The van der Waals surface area contributed by atoms with E-state index >= 15 is 0 Å². The fourth-order valence-corrected chi connectivity index (χ4v) is 4.50. The van der Waals surface area contributed by atoms with Gasteiger partial charge < -0.3 is 5.32 Å². The first-order chi connectivity index (χ1) is 14.8. The third-order valence-corrected chi connectivity index (χ3v) is 6.36. The van der Waals surface area contributed by atoms with Crippen molar-refractivity contribution in [2.45, 2.75) is 11.8 Å². The number of rotatable bonds is 5. The molecule has 31 heavy (non-hydrogen) atoms. The molecule has 3 aromatic carbocycles.